The van der Waals surface area contributed by atoms with E-state index < -0.39 is 39.9 Å². The summed E-state index contributed by atoms with van der Waals surface area (Å²) in [6, 6.07) is 0. The molecule has 0 aromatic heterocycles. The van der Waals surface area contributed by atoms with E-state index in [-0.39, 0.29) is 30.0 Å². The number of allylic oxidation sites excluding steroid dienone is 4. The first kappa shape index (κ1) is 22.7. The number of carbonyl (C=O) groups excluding carboxylic acids is 2. The average Bonchev–Trinajstić information content (AvgIpc) is 3.06. The predicted molar refractivity (Wildman–Crippen MR) is 124 cm³/mol. The van der Waals surface area contributed by atoms with Crippen LogP contribution in [0.15, 0.2) is 34.9 Å². The number of fused-ring (bicyclic) bond motifs is 4. The highest BCUT2D eigenvalue weighted by Crippen LogP contribution is 2.74. The molecule has 0 radical (unpaired) electrons. The van der Waals surface area contributed by atoms with Gasteiger partial charge >= 0.3 is 5.97 Å². The van der Waals surface area contributed by atoms with Crippen LogP contribution in [0.1, 0.15) is 73.1 Å². The van der Waals surface area contributed by atoms with Gasteiger partial charge in [0.25, 0.3) is 0 Å². The van der Waals surface area contributed by atoms with Crippen LogP contribution >= 0.6 is 0 Å². The number of rotatable bonds is 0. The number of carbonyl (C=O) groups is 2. The van der Waals surface area contributed by atoms with E-state index >= 15 is 0 Å². The molecule has 6 nitrogen and oxygen atoms in total. The molecule has 0 unspecified atom stereocenters. The molecule has 2 heterocycles. The molecule has 0 aromatic carbocycles. The predicted octanol–water partition coefficient (Wildman–Crippen LogP) is 3.97. The highest BCUT2D eigenvalue weighted by atomic mass is 16.8. The van der Waals surface area contributed by atoms with Crippen molar-refractivity contribution < 1.29 is 29.3 Å². The molecule has 1 spiro atoms. The molecule has 2 saturated carbocycles. The Bertz CT molecular complexity index is 1100. The number of ketones is 1. The van der Waals surface area contributed by atoms with Crippen molar-refractivity contribution in [2.75, 3.05) is 0 Å². The monoisotopic (exact) mass is 468 g/mol. The number of esters is 1. The van der Waals surface area contributed by atoms with Crippen molar-refractivity contribution in [2.45, 2.75) is 90.3 Å². The molecule has 6 rings (SSSR count). The first-order valence-electron chi connectivity index (χ1n) is 12.8. The molecular weight excluding hydrogens is 432 g/mol. The van der Waals surface area contributed by atoms with Gasteiger partial charge in [-0.2, -0.15) is 0 Å². The fourth-order valence-corrected chi connectivity index (χ4v) is 9.04. The Morgan fingerprint density at radius 3 is 2.56 bits per heavy atom. The Balaban J connectivity index is 1.51. The molecule has 2 N–H and O–H groups in total. The fraction of sp³-hybridized carbons (Fsp3) is 0.714. The molecule has 9 atom stereocenters. The van der Waals surface area contributed by atoms with Crippen molar-refractivity contribution in [3.63, 3.8) is 0 Å². The summed E-state index contributed by atoms with van der Waals surface area (Å²) in [5.74, 6) is -4.00. The first-order chi connectivity index (χ1) is 15.8. The lowest BCUT2D eigenvalue weighted by molar-refractivity contribution is -0.469. The highest BCUT2D eigenvalue weighted by molar-refractivity contribution is 5.98. The van der Waals surface area contributed by atoms with E-state index in [4.69, 9.17) is 9.47 Å². The summed E-state index contributed by atoms with van der Waals surface area (Å²) in [5, 5.41) is 24.8. The Morgan fingerprint density at radius 2 is 1.85 bits per heavy atom. The minimum absolute atomic E-state index is 0.00736. The molecule has 4 aliphatic carbocycles. The summed E-state index contributed by atoms with van der Waals surface area (Å²) >= 11 is 0. The topological polar surface area (TPSA) is 93.1 Å². The van der Waals surface area contributed by atoms with Crippen LogP contribution in [0.5, 0.6) is 0 Å². The van der Waals surface area contributed by atoms with Crippen molar-refractivity contribution in [2.24, 2.45) is 34.5 Å². The van der Waals surface area contributed by atoms with Gasteiger partial charge in [-0.1, -0.05) is 37.1 Å². The van der Waals surface area contributed by atoms with Gasteiger partial charge in [0.05, 0.1) is 22.3 Å². The number of aliphatic hydroxyl groups is 2. The minimum atomic E-state index is -1.73. The van der Waals surface area contributed by atoms with Crippen molar-refractivity contribution >= 4 is 11.8 Å². The zero-order valence-electron chi connectivity index (χ0n) is 20.8. The zero-order valence-corrected chi connectivity index (χ0v) is 20.8. The molecule has 184 valence electrons. The van der Waals surface area contributed by atoms with Crippen LogP contribution in [0.3, 0.4) is 0 Å². The summed E-state index contributed by atoms with van der Waals surface area (Å²) in [4.78, 5) is 26.1. The Hall–Kier alpha value is -1.76. The van der Waals surface area contributed by atoms with E-state index in [1.54, 1.807) is 13.0 Å². The maximum Gasteiger partial charge on any atom is 0.336 e. The SMILES string of the molecule is CC1=C(C)C(=O)O[C@]2(C1)O[C@@]1(O)C[C@H]3[C@@H](CC=C4CC=CC(=O)[C@@]43C)[C@@H]3CC[C@@](O)([C@@H]2C)[C@]31C. The molecule has 6 heteroatoms. The quantitative estimate of drug-likeness (QED) is 0.413. The van der Waals surface area contributed by atoms with Gasteiger partial charge in [0, 0.05) is 18.4 Å². The van der Waals surface area contributed by atoms with Crippen LogP contribution in [0.4, 0.5) is 0 Å². The van der Waals surface area contributed by atoms with Crippen molar-refractivity contribution in [3.05, 3.63) is 34.9 Å². The standard InChI is InChI=1S/C28H36O6/c1-15-13-27(33-23(30)16(15)2)17(3)26(31)12-11-20-19-10-9-18-7-6-8-22(29)24(18,4)21(19)14-28(32,34-27)25(20,26)5/h6,8-9,17,19-21,31-32H,7,10-14H2,1-5H3/t17-,19-,20-,21-,24-,25-,26+,27+,28-/m0/s1. The van der Waals surface area contributed by atoms with Gasteiger partial charge < -0.3 is 19.7 Å². The molecule has 0 aromatic rings. The van der Waals surface area contributed by atoms with Gasteiger partial charge in [-0.05, 0) is 70.3 Å². The third-order valence-electron chi connectivity index (χ3n) is 11.4. The average molecular weight is 469 g/mol. The lowest BCUT2D eigenvalue weighted by atomic mass is 9.43. The number of hydrogen-bond acceptors (Lipinski definition) is 6. The summed E-state index contributed by atoms with van der Waals surface area (Å²) in [6.07, 6.45) is 9.24. The molecule has 0 amide bonds. The molecule has 1 saturated heterocycles. The third-order valence-corrected chi connectivity index (χ3v) is 11.4. The van der Waals surface area contributed by atoms with Gasteiger partial charge in [0.1, 0.15) is 0 Å². The summed E-state index contributed by atoms with van der Waals surface area (Å²) < 4.78 is 12.6. The Kier molecular flexibility index (Phi) is 4.34. The summed E-state index contributed by atoms with van der Waals surface area (Å²) in [6.45, 7) is 9.51. The lowest BCUT2D eigenvalue weighted by Crippen LogP contribution is -2.78. The van der Waals surface area contributed by atoms with E-state index in [9.17, 15) is 19.8 Å². The van der Waals surface area contributed by atoms with Crippen LogP contribution in [-0.4, -0.2) is 39.1 Å². The van der Waals surface area contributed by atoms with Gasteiger partial charge in [0.2, 0.25) is 5.79 Å². The highest BCUT2D eigenvalue weighted by Gasteiger charge is 2.81. The van der Waals surface area contributed by atoms with Gasteiger partial charge in [-0.15, -0.1) is 0 Å². The Labute approximate surface area is 201 Å². The summed E-state index contributed by atoms with van der Waals surface area (Å²) in [5.41, 5.74) is -0.356. The minimum Gasteiger partial charge on any atom is -0.429 e. The van der Waals surface area contributed by atoms with Crippen LogP contribution in [0.2, 0.25) is 0 Å². The molecule has 34 heavy (non-hydrogen) atoms. The largest absolute Gasteiger partial charge is 0.429 e. The molecule has 0 bridgehead atoms. The summed E-state index contributed by atoms with van der Waals surface area (Å²) in [7, 11) is 0. The van der Waals surface area contributed by atoms with Gasteiger partial charge in [0.15, 0.2) is 11.6 Å². The van der Waals surface area contributed by atoms with Gasteiger partial charge in [-0.25, -0.2) is 4.79 Å². The molecular formula is C28H36O6. The molecule has 6 aliphatic rings. The zero-order chi connectivity index (χ0) is 24.5. The van der Waals surface area contributed by atoms with Crippen molar-refractivity contribution in [1.82, 2.24) is 0 Å². The van der Waals surface area contributed by atoms with Crippen LogP contribution in [0.25, 0.3) is 0 Å². The van der Waals surface area contributed by atoms with E-state index in [2.05, 4.69) is 6.08 Å². The van der Waals surface area contributed by atoms with Crippen molar-refractivity contribution in [1.29, 1.82) is 0 Å². The smallest absolute Gasteiger partial charge is 0.336 e. The van der Waals surface area contributed by atoms with E-state index in [0.29, 0.717) is 18.4 Å². The van der Waals surface area contributed by atoms with E-state index in [0.717, 1.165) is 30.4 Å². The second-order valence-electron chi connectivity index (χ2n) is 12.3. The fourth-order valence-electron chi connectivity index (χ4n) is 9.04. The molecule has 2 aliphatic heterocycles. The van der Waals surface area contributed by atoms with E-state index in [1.807, 2.05) is 33.8 Å². The number of ether oxygens (including phenoxy) is 2. The van der Waals surface area contributed by atoms with Crippen LogP contribution in [0, 0.1) is 34.5 Å². The number of hydrogen-bond donors (Lipinski definition) is 2. The second-order valence-corrected chi connectivity index (χ2v) is 12.3. The maximum absolute atomic E-state index is 13.3. The Morgan fingerprint density at radius 1 is 1.12 bits per heavy atom. The maximum atomic E-state index is 13.3. The third kappa shape index (κ3) is 2.29. The lowest BCUT2D eigenvalue weighted by Gasteiger charge is -2.69. The molecule has 3 fully saturated rings. The van der Waals surface area contributed by atoms with Crippen molar-refractivity contribution in [3.8, 4) is 0 Å². The first-order valence-corrected chi connectivity index (χ1v) is 12.8. The van der Waals surface area contributed by atoms with Gasteiger partial charge in [-0.3, -0.25) is 4.79 Å². The van der Waals surface area contributed by atoms with Crippen LogP contribution < -0.4 is 0 Å². The van der Waals surface area contributed by atoms with Crippen LogP contribution in [-0.2, 0) is 19.1 Å². The normalized spacial score (nSPS) is 53.8. The second kappa shape index (κ2) is 6.51. The van der Waals surface area contributed by atoms with E-state index in [1.165, 1.54) is 0 Å².